The van der Waals surface area contributed by atoms with E-state index in [2.05, 4.69) is 19.9 Å². The number of hydrogen-bond acceptors (Lipinski definition) is 8. The second-order valence-corrected chi connectivity index (χ2v) is 8.11. The molecule has 0 spiro atoms. The third-order valence-electron chi connectivity index (χ3n) is 5.28. The number of aromatic nitrogens is 3. The van der Waals surface area contributed by atoms with Gasteiger partial charge in [0, 0.05) is 18.9 Å². The van der Waals surface area contributed by atoms with Crippen LogP contribution in [-0.4, -0.2) is 80.9 Å². The third kappa shape index (κ3) is 10.6. The topological polar surface area (TPSA) is 135 Å². The van der Waals surface area contributed by atoms with E-state index in [0.29, 0.717) is 19.2 Å². The summed E-state index contributed by atoms with van der Waals surface area (Å²) < 4.78 is 88.5. The Kier molecular flexibility index (Phi) is 11.3. The molecule has 4 heterocycles. The van der Waals surface area contributed by atoms with Gasteiger partial charge in [0.05, 0.1) is 43.9 Å². The molecule has 2 aliphatic heterocycles. The molecule has 2 aliphatic rings. The van der Waals surface area contributed by atoms with Gasteiger partial charge in [0.2, 0.25) is 5.95 Å². The van der Waals surface area contributed by atoms with Gasteiger partial charge in [-0.3, -0.25) is 4.98 Å². The molecule has 2 N–H and O–H groups in total. The summed E-state index contributed by atoms with van der Waals surface area (Å²) in [5, 5.41) is 14.2. The fraction of sp³-hybridized carbons (Fsp3) is 0.500. The number of fused-ring (bicyclic) bond motifs is 1. The highest BCUT2D eigenvalue weighted by Gasteiger charge is 2.41. The minimum absolute atomic E-state index is 0.118. The molecule has 0 bridgehead atoms. The highest BCUT2D eigenvalue weighted by atomic mass is 19.4. The van der Waals surface area contributed by atoms with E-state index in [0.717, 1.165) is 31.4 Å². The number of pyridine rings is 1. The normalized spacial score (nSPS) is 20.6. The summed E-state index contributed by atoms with van der Waals surface area (Å²) >= 11 is 0. The first-order valence-electron chi connectivity index (χ1n) is 11.1. The van der Waals surface area contributed by atoms with E-state index in [1.165, 1.54) is 12.4 Å². The number of alkyl halides is 6. The monoisotopic (exact) mass is 572 g/mol. The summed E-state index contributed by atoms with van der Waals surface area (Å²) in [5.41, 5.74) is 1.07. The molecule has 17 heteroatoms. The smallest absolute Gasteiger partial charge is 0.475 e. The average molecular weight is 572 g/mol. The summed E-state index contributed by atoms with van der Waals surface area (Å²) in [4.78, 5) is 32.2. The van der Waals surface area contributed by atoms with Crippen LogP contribution in [0.5, 0.6) is 0 Å². The lowest BCUT2D eigenvalue weighted by molar-refractivity contribution is -0.193. The van der Waals surface area contributed by atoms with Crippen molar-refractivity contribution >= 4 is 17.9 Å². The van der Waals surface area contributed by atoms with Crippen LogP contribution in [-0.2, 0) is 25.7 Å². The largest absolute Gasteiger partial charge is 0.490 e. The Labute approximate surface area is 216 Å². The number of hydrogen-bond donors (Lipinski definition) is 2. The highest BCUT2D eigenvalue weighted by molar-refractivity contribution is 5.73. The Hall–Kier alpha value is -3.60. The second-order valence-electron chi connectivity index (χ2n) is 8.11. The van der Waals surface area contributed by atoms with E-state index in [1.54, 1.807) is 6.20 Å². The zero-order valence-electron chi connectivity index (χ0n) is 19.9. The molecular weight excluding hydrogens is 549 g/mol. The van der Waals surface area contributed by atoms with Crippen molar-refractivity contribution in [3.63, 3.8) is 0 Å². The molecular formula is C22H23F7N4O6. The van der Waals surface area contributed by atoms with E-state index in [4.69, 9.17) is 29.3 Å². The Morgan fingerprint density at radius 2 is 1.59 bits per heavy atom. The highest BCUT2D eigenvalue weighted by Crippen LogP contribution is 2.33. The van der Waals surface area contributed by atoms with E-state index in [-0.39, 0.29) is 18.2 Å². The van der Waals surface area contributed by atoms with E-state index in [9.17, 15) is 30.7 Å². The Morgan fingerprint density at radius 3 is 2.10 bits per heavy atom. The molecule has 4 rings (SSSR count). The summed E-state index contributed by atoms with van der Waals surface area (Å²) in [5.74, 6) is -5.34. The average Bonchev–Trinajstić information content (AvgIpc) is 3.28. The maximum Gasteiger partial charge on any atom is 0.490 e. The molecule has 0 radical (unpaired) electrons. The molecule has 2 aromatic rings. The fourth-order valence-corrected chi connectivity index (χ4v) is 3.61. The van der Waals surface area contributed by atoms with Crippen molar-refractivity contribution in [3.05, 3.63) is 48.3 Å². The van der Waals surface area contributed by atoms with Gasteiger partial charge in [-0.1, -0.05) is 6.07 Å². The molecule has 2 aromatic heterocycles. The van der Waals surface area contributed by atoms with Crippen molar-refractivity contribution < 1.29 is 60.0 Å². The number of carboxylic acids is 2. The Balaban J connectivity index is 0.000000317. The maximum atomic E-state index is 13.0. The zero-order valence-corrected chi connectivity index (χ0v) is 19.9. The number of nitrogens with zero attached hydrogens (tertiary/aromatic N) is 4. The number of ether oxygens (including phenoxy) is 2. The molecule has 2 fully saturated rings. The van der Waals surface area contributed by atoms with Crippen LogP contribution in [0.1, 0.15) is 24.8 Å². The Morgan fingerprint density at radius 1 is 1.00 bits per heavy atom. The van der Waals surface area contributed by atoms with Crippen LogP contribution in [0.4, 0.5) is 36.7 Å². The van der Waals surface area contributed by atoms with Crippen LogP contribution < -0.4 is 4.90 Å². The maximum absolute atomic E-state index is 13.0. The van der Waals surface area contributed by atoms with Gasteiger partial charge in [-0.05, 0) is 30.9 Å². The van der Waals surface area contributed by atoms with E-state index >= 15 is 0 Å². The number of halogens is 7. The van der Waals surface area contributed by atoms with Gasteiger partial charge in [-0.2, -0.15) is 26.3 Å². The number of carboxylic acid groups (broad SMARTS) is 2. The van der Waals surface area contributed by atoms with Crippen LogP contribution in [0, 0.1) is 5.82 Å². The summed E-state index contributed by atoms with van der Waals surface area (Å²) in [6, 6.07) is 4.17. The standard InChI is InChI=1S/C18H21FN4O2.2C2HF3O2/c19-14-9-21-18(22-10-14)23-7-5-17-16(23)4-3-15(25-17)12-24-11-13-2-1-6-20-8-13;2*3-2(4,5)1(6)7/h1-2,6,8-10,15-17H,3-5,7,11-12H2;2*(H,6,7)/t15-,16-,17-;;/m0../s1. The Bertz CT molecular complexity index is 1030. The predicted octanol–water partition coefficient (Wildman–Crippen LogP) is 3.62. The van der Waals surface area contributed by atoms with Gasteiger partial charge < -0.3 is 24.6 Å². The zero-order chi connectivity index (χ0) is 29.2. The predicted molar refractivity (Wildman–Crippen MR) is 117 cm³/mol. The van der Waals surface area contributed by atoms with E-state index in [1.807, 2.05) is 18.3 Å². The van der Waals surface area contributed by atoms with Crippen LogP contribution in [0.2, 0.25) is 0 Å². The van der Waals surface area contributed by atoms with Crippen molar-refractivity contribution in [2.45, 2.75) is 56.5 Å². The summed E-state index contributed by atoms with van der Waals surface area (Å²) in [6.45, 7) is 1.98. The molecule has 2 saturated heterocycles. The van der Waals surface area contributed by atoms with Gasteiger partial charge >= 0.3 is 24.3 Å². The van der Waals surface area contributed by atoms with Gasteiger partial charge in [0.15, 0.2) is 5.82 Å². The molecule has 3 atom stereocenters. The lowest BCUT2D eigenvalue weighted by atomic mass is 9.99. The van der Waals surface area contributed by atoms with Crippen molar-refractivity contribution in [1.82, 2.24) is 15.0 Å². The number of anilines is 1. The molecule has 0 amide bonds. The van der Waals surface area contributed by atoms with Crippen molar-refractivity contribution in [1.29, 1.82) is 0 Å². The first kappa shape index (κ1) is 31.6. The number of carbonyl (C=O) groups is 2. The van der Waals surface area contributed by atoms with E-state index < -0.39 is 30.1 Å². The van der Waals surface area contributed by atoms with Gasteiger partial charge in [0.1, 0.15) is 0 Å². The van der Waals surface area contributed by atoms with Crippen LogP contribution in [0.25, 0.3) is 0 Å². The quantitative estimate of drug-likeness (QED) is 0.512. The lowest BCUT2D eigenvalue weighted by Crippen LogP contribution is -2.44. The van der Waals surface area contributed by atoms with Gasteiger partial charge in [-0.25, -0.2) is 23.9 Å². The molecule has 0 aliphatic carbocycles. The molecule has 10 nitrogen and oxygen atoms in total. The number of rotatable bonds is 5. The molecule has 0 aromatic carbocycles. The van der Waals surface area contributed by atoms with Gasteiger partial charge in [-0.15, -0.1) is 0 Å². The van der Waals surface area contributed by atoms with Crippen molar-refractivity contribution in [2.24, 2.45) is 0 Å². The second kappa shape index (κ2) is 14.0. The SMILES string of the molecule is Fc1cnc(N2CC[C@@H]3O[C@H](COCc4cccnc4)CC[C@@H]32)nc1.O=C(O)C(F)(F)F.O=C(O)C(F)(F)F. The van der Waals surface area contributed by atoms with Crippen molar-refractivity contribution in [2.75, 3.05) is 18.1 Å². The third-order valence-corrected chi connectivity index (χ3v) is 5.28. The number of aliphatic carboxylic acids is 2. The van der Waals surface area contributed by atoms with Crippen LogP contribution in [0.15, 0.2) is 36.9 Å². The minimum atomic E-state index is -5.08. The van der Waals surface area contributed by atoms with Crippen LogP contribution in [0.3, 0.4) is 0 Å². The fourth-order valence-electron chi connectivity index (χ4n) is 3.61. The molecule has 216 valence electrons. The molecule has 0 unspecified atom stereocenters. The summed E-state index contributed by atoms with van der Waals surface area (Å²) in [7, 11) is 0. The summed E-state index contributed by atoms with van der Waals surface area (Å²) in [6.07, 6.45) is -1.01. The van der Waals surface area contributed by atoms with Crippen LogP contribution >= 0.6 is 0 Å². The lowest BCUT2D eigenvalue weighted by Gasteiger charge is -2.35. The molecule has 0 saturated carbocycles. The van der Waals surface area contributed by atoms with Gasteiger partial charge in [0.25, 0.3) is 0 Å². The first-order valence-corrected chi connectivity index (χ1v) is 11.1. The van der Waals surface area contributed by atoms with Crippen molar-refractivity contribution in [3.8, 4) is 0 Å². The molecule has 39 heavy (non-hydrogen) atoms. The first-order chi connectivity index (χ1) is 18.2. The minimum Gasteiger partial charge on any atom is -0.475 e.